The van der Waals surface area contributed by atoms with Crippen LogP contribution in [0.3, 0.4) is 0 Å². The average Bonchev–Trinajstić information content (AvgIpc) is 3.58. The van der Waals surface area contributed by atoms with Gasteiger partial charge in [-0.1, -0.05) is 51.0 Å². The van der Waals surface area contributed by atoms with Crippen molar-refractivity contribution in [3.05, 3.63) is 42.2 Å². The second-order valence-electron chi connectivity index (χ2n) is 12.4. The molecule has 2 N–H and O–H groups in total. The van der Waals surface area contributed by atoms with E-state index in [1.165, 1.54) is 25.7 Å². The zero-order valence-electron chi connectivity index (χ0n) is 22.9. The van der Waals surface area contributed by atoms with Crippen molar-refractivity contribution >= 4 is 28.5 Å². The lowest BCUT2D eigenvalue weighted by Gasteiger charge is -2.37. The van der Waals surface area contributed by atoms with Gasteiger partial charge >= 0.3 is 12.1 Å². The molecular formula is C30H32F4N4O3. The van der Waals surface area contributed by atoms with E-state index in [1.54, 1.807) is 12.4 Å². The first-order chi connectivity index (χ1) is 19.2. The molecule has 2 aromatic rings. The predicted octanol–water partition coefficient (Wildman–Crippen LogP) is 3.94. The van der Waals surface area contributed by atoms with Crippen molar-refractivity contribution in [2.45, 2.75) is 64.1 Å². The maximum absolute atomic E-state index is 15.0. The van der Waals surface area contributed by atoms with Crippen LogP contribution < -0.4 is 10.6 Å². The van der Waals surface area contributed by atoms with Crippen LogP contribution in [0.15, 0.2) is 36.7 Å². The van der Waals surface area contributed by atoms with E-state index >= 15 is 0 Å². The van der Waals surface area contributed by atoms with E-state index in [1.807, 2.05) is 29.6 Å². The number of rotatable bonds is 5. The minimum atomic E-state index is -5.20. The molecular weight excluding hydrogens is 540 g/mol. The number of likely N-dealkylation sites (tertiary alicyclic amines) is 1. The Balaban J connectivity index is 1.49. The highest BCUT2D eigenvalue weighted by Gasteiger charge is 2.63. The van der Waals surface area contributed by atoms with Crippen molar-refractivity contribution in [1.82, 2.24) is 20.5 Å². The lowest BCUT2D eigenvalue weighted by molar-refractivity contribution is -0.176. The number of amides is 3. The largest absolute Gasteiger partial charge is 0.471 e. The van der Waals surface area contributed by atoms with Gasteiger partial charge in [0.2, 0.25) is 11.8 Å². The third kappa shape index (κ3) is 5.13. The maximum Gasteiger partial charge on any atom is 0.471 e. The SMILES string of the molecule is C#CC(NC(=O)[C@@H]1[C@@H]2[C@H](CN1C(=O)[C@@H](NC(=O)C(F)(F)F)C(C)(C)C)[C@H]1C[C@@H]2[C@H](F)C1)c1cncc2ccccc12. The summed E-state index contributed by atoms with van der Waals surface area (Å²) in [5.41, 5.74) is -0.554. The molecule has 3 amide bonds. The van der Waals surface area contributed by atoms with Gasteiger partial charge in [0, 0.05) is 29.9 Å². The molecule has 3 aliphatic rings. The van der Waals surface area contributed by atoms with Crippen LogP contribution in [0.25, 0.3) is 10.8 Å². The van der Waals surface area contributed by atoms with Crippen molar-refractivity contribution in [3.63, 3.8) is 0 Å². The summed E-state index contributed by atoms with van der Waals surface area (Å²) in [6, 6.07) is 3.68. The molecule has 0 radical (unpaired) electrons. The standard InChI is InChI=1S/C30H32F4N4O3/c1-5-22(19-13-35-12-15-8-6-7-9-17(15)19)36-26(39)24-23-18-10-16(11-21(18)31)20(23)14-38(24)27(40)25(29(2,3)4)37-28(41)30(32,33)34/h1,6-9,12-13,16,18,20-25H,10-11,14H2,2-4H3,(H,36,39)(H,37,41)/t16-,18+,20+,21+,22?,23-,24-,25+/m0/s1. The maximum atomic E-state index is 15.0. The fraction of sp³-hybridized carbons (Fsp3) is 0.533. The minimum Gasteiger partial charge on any atom is -0.337 e. The normalized spacial score (nSPS) is 28.6. The molecule has 41 heavy (non-hydrogen) atoms. The number of hydrogen-bond acceptors (Lipinski definition) is 4. The van der Waals surface area contributed by atoms with Crippen LogP contribution in [-0.2, 0) is 14.4 Å². The van der Waals surface area contributed by atoms with E-state index in [0.29, 0.717) is 18.4 Å². The molecule has 11 heteroatoms. The number of nitrogens with zero attached hydrogens (tertiary/aromatic N) is 2. The van der Waals surface area contributed by atoms with Gasteiger partial charge < -0.3 is 15.5 Å². The predicted molar refractivity (Wildman–Crippen MR) is 142 cm³/mol. The molecule has 5 rings (SSSR count). The second-order valence-corrected chi connectivity index (χ2v) is 12.4. The first kappa shape index (κ1) is 28.8. The molecule has 0 spiro atoms. The topological polar surface area (TPSA) is 91.4 Å². The number of aromatic nitrogens is 1. The Morgan fingerprint density at radius 1 is 1.07 bits per heavy atom. The Hall–Kier alpha value is -3.68. The number of carbonyl (C=O) groups is 3. The number of alkyl halides is 4. The number of terminal acetylenes is 1. The summed E-state index contributed by atoms with van der Waals surface area (Å²) < 4.78 is 54.5. The van der Waals surface area contributed by atoms with Gasteiger partial charge in [-0.15, -0.1) is 6.42 Å². The van der Waals surface area contributed by atoms with Crippen molar-refractivity contribution in [2.75, 3.05) is 6.54 Å². The van der Waals surface area contributed by atoms with E-state index in [9.17, 15) is 31.9 Å². The van der Waals surface area contributed by atoms with Gasteiger partial charge in [-0.3, -0.25) is 19.4 Å². The van der Waals surface area contributed by atoms with Gasteiger partial charge in [0.05, 0.1) is 0 Å². The Labute approximate surface area is 235 Å². The second kappa shape index (κ2) is 10.3. The van der Waals surface area contributed by atoms with E-state index in [2.05, 4.69) is 16.2 Å². The molecule has 8 atom stereocenters. The van der Waals surface area contributed by atoms with Crippen LogP contribution in [0, 0.1) is 41.4 Å². The smallest absolute Gasteiger partial charge is 0.337 e. The number of hydrogen-bond donors (Lipinski definition) is 2. The van der Waals surface area contributed by atoms with Crippen molar-refractivity contribution in [3.8, 4) is 12.3 Å². The summed E-state index contributed by atoms with van der Waals surface area (Å²) in [7, 11) is 0. The summed E-state index contributed by atoms with van der Waals surface area (Å²) in [5.74, 6) is -2.31. The van der Waals surface area contributed by atoms with Crippen molar-refractivity contribution in [1.29, 1.82) is 0 Å². The molecule has 1 aromatic heterocycles. The number of pyridine rings is 1. The molecule has 3 fully saturated rings. The number of fused-ring (bicyclic) bond motifs is 6. The van der Waals surface area contributed by atoms with Gasteiger partial charge in [-0.2, -0.15) is 13.2 Å². The summed E-state index contributed by atoms with van der Waals surface area (Å²) in [6.45, 7) is 4.67. The molecule has 1 aromatic carbocycles. The average molecular weight is 573 g/mol. The third-order valence-corrected chi connectivity index (χ3v) is 8.93. The van der Waals surface area contributed by atoms with E-state index < -0.39 is 65.4 Å². The molecule has 218 valence electrons. The minimum absolute atomic E-state index is 0.0448. The third-order valence-electron chi connectivity index (χ3n) is 8.93. The quantitative estimate of drug-likeness (QED) is 0.420. The highest BCUT2D eigenvalue weighted by atomic mass is 19.4. The molecule has 2 heterocycles. The molecule has 1 unspecified atom stereocenters. The van der Waals surface area contributed by atoms with E-state index in [0.717, 1.165) is 10.8 Å². The Kier molecular flexibility index (Phi) is 7.24. The van der Waals surface area contributed by atoms with Crippen molar-refractivity contribution < 1.29 is 31.9 Å². The summed E-state index contributed by atoms with van der Waals surface area (Å²) >= 11 is 0. The summed E-state index contributed by atoms with van der Waals surface area (Å²) in [5, 5.41) is 6.25. The number of halogens is 4. The van der Waals surface area contributed by atoms with Crippen LogP contribution in [0.4, 0.5) is 17.6 Å². The number of benzene rings is 1. The van der Waals surface area contributed by atoms with Gasteiger partial charge in [0.1, 0.15) is 24.3 Å². The summed E-state index contributed by atoms with van der Waals surface area (Å²) in [4.78, 5) is 45.3. The lowest BCUT2D eigenvalue weighted by Crippen LogP contribution is -2.60. The zero-order valence-corrected chi connectivity index (χ0v) is 22.9. The van der Waals surface area contributed by atoms with Crippen LogP contribution >= 0.6 is 0 Å². The van der Waals surface area contributed by atoms with Crippen molar-refractivity contribution in [2.24, 2.45) is 29.1 Å². The number of carbonyl (C=O) groups excluding carboxylic acids is 3. The van der Waals surface area contributed by atoms with Gasteiger partial charge in [0.25, 0.3) is 0 Å². The first-order valence-electron chi connectivity index (χ1n) is 13.6. The van der Waals surface area contributed by atoms with Gasteiger partial charge in [-0.25, -0.2) is 4.39 Å². The molecule has 1 aliphatic heterocycles. The fourth-order valence-corrected chi connectivity index (χ4v) is 7.10. The lowest BCUT2D eigenvalue weighted by atomic mass is 9.77. The van der Waals surface area contributed by atoms with E-state index in [4.69, 9.17) is 6.42 Å². The summed E-state index contributed by atoms with van der Waals surface area (Å²) in [6.07, 6.45) is 3.62. The Bertz CT molecular complexity index is 1410. The van der Waals surface area contributed by atoms with Crippen LogP contribution in [0.1, 0.15) is 45.2 Å². The molecule has 2 aliphatic carbocycles. The Morgan fingerprint density at radius 2 is 1.78 bits per heavy atom. The monoisotopic (exact) mass is 572 g/mol. The zero-order chi connectivity index (χ0) is 29.9. The van der Waals surface area contributed by atoms with Crippen LogP contribution in [0.2, 0.25) is 0 Å². The molecule has 1 saturated heterocycles. The highest BCUT2D eigenvalue weighted by molar-refractivity contribution is 5.95. The van der Waals surface area contributed by atoms with Gasteiger partial charge in [0.15, 0.2) is 0 Å². The fourth-order valence-electron chi connectivity index (χ4n) is 7.10. The first-order valence-corrected chi connectivity index (χ1v) is 13.6. The Morgan fingerprint density at radius 3 is 2.44 bits per heavy atom. The molecule has 7 nitrogen and oxygen atoms in total. The van der Waals surface area contributed by atoms with Gasteiger partial charge in [-0.05, 0) is 47.3 Å². The molecule has 2 bridgehead atoms. The van der Waals surface area contributed by atoms with E-state index in [-0.39, 0.29) is 18.4 Å². The van der Waals surface area contributed by atoms with Crippen LogP contribution in [0.5, 0.6) is 0 Å². The van der Waals surface area contributed by atoms with Crippen LogP contribution in [-0.4, -0.2) is 58.6 Å². The highest BCUT2D eigenvalue weighted by Crippen LogP contribution is 2.58. The molecule has 2 saturated carbocycles. The number of nitrogens with one attached hydrogen (secondary N) is 2.